The standard InChI is InChI=1S/C15H21NO/c1-12(13-6-3-2-4-7-13)10-16-15-9-5-8-14(15)11-17/h2-4,6-7,14-17H,1,5,8-11H2. The molecule has 2 N–H and O–H groups in total. The molecule has 0 spiro atoms. The molecule has 1 aromatic rings. The SMILES string of the molecule is C=C(CNC1CCCC1CO)c1ccccc1. The Kier molecular flexibility index (Phi) is 4.35. The van der Waals surface area contributed by atoms with E-state index in [0.29, 0.717) is 18.6 Å². The fourth-order valence-electron chi connectivity index (χ4n) is 2.55. The van der Waals surface area contributed by atoms with Crippen molar-refractivity contribution in [1.82, 2.24) is 5.32 Å². The van der Waals surface area contributed by atoms with Gasteiger partial charge in [0.05, 0.1) is 0 Å². The molecule has 0 saturated heterocycles. The molecule has 1 saturated carbocycles. The lowest BCUT2D eigenvalue weighted by atomic mass is 10.0. The number of hydrogen-bond donors (Lipinski definition) is 2. The number of benzene rings is 1. The predicted molar refractivity (Wildman–Crippen MR) is 71.7 cm³/mol. The van der Waals surface area contributed by atoms with Crippen molar-refractivity contribution in [3.05, 3.63) is 42.5 Å². The van der Waals surface area contributed by atoms with E-state index in [1.807, 2.05) is 18.2 Å². The quantitative estimate of drug-likeness (QED) is 0.816. The first kappa shape index (κ1) is 12.3. The smallest absolute Gasteiger partial charge is 0.0474 e. The van der Waals surface area contributed by atoms with E-state index < -0.39 is 0 Å². The Balaban J connectivity index is 1.84. The minimum atomic E-state index is 0.301. The Morgan fingerprint density at radius 1 is 1.29 bits per heavy atom. The zero-order valence-corrected chi connectivity index (χ0v) is 10.2. The van der Waals surface area contributed by atoms with E-state index in [2.05, 4.69) is 24.0 Å². The fourth-order valence-corrected chi connectivity index (χ4v) is 2.55. The van der Waals surface area contributed by atoms with Crippen LogP contribution in [0.25, 0.3) is 5.57 Å². The molecular weight excluding hydrogens is 210 g/mol. The molecule has 1 fully saturated rings. The van der Waals surface area contributed by atoms with Gasteiger partial charge < -0.3 is 10.4 Å². The molecule has 0 radical (unpaired) electrons. The minimum Gasteiger partial charge on any atom is -0.396 e. The minimum absolute atomic E-state index is 0.301. The highest BCUT2D eigenvalue weighted by Crippen LogP contribution is 2.25. The summed E-state index contributed by atoms with van der Waals surface area (Å²) in [7, 11) is 0. The normalized spacial score (nSPS) is 23.8. The lowest BCUT2D eigenvalue weighted by molar-refractivity contribution is 0.207. The van der Waals surface area contributed by atoms with E-state index in [9.17, 15) is 5.11 Å². The first-order chi connectivity index (χ1) is 8.31. The number of aliphatic hydroxyl groups excluding tert-OH is 1. The third-order valence-corrected chi connectivity index (χ3v) is 3.65. The highest BCUT2D eigenvalue weighted by atomic mass is 16.3. The van der Waals surface area contributed by atoms with Gasteiger partial charge in [-0.3, -0.25) is 0 Å². The Morgan fingerprint density at radius 2 is 2.06 bits per heavy atom. The van der Waals surface area contributed by atoms with Gasteiger partial charge in [0.25, 0.3) is 0 Å². The summed E-state index contributed by atoms with van der Waals surface area (Å²) < 4.78 is 0. The molecule has 0 aromatic heterocycles. The largest absolute Gasteiger partial charge is 0.396 e. The first-order valence-electron chi connectivity index (χ1n) is 6.38. The summed E-state index contributed by atoms with van der Waals surface area (Å²) in [6.45, 7) is 5.22. The zero-order valence-electron chi connectivity index (χ0n) is 10.2. The van der Waals surface area contributed by atoms with Gasteiger partial charge in [-0.1, -0.05) is 43.3 Å². The van der Waals surface area contributed by atoms with Crippen LogP contribution in [0.15, 0.2) is 36.9 Å². The van der Waals surface area contributed by atoms with Gasteiger partial charge in [0.2, 0.25) is 0 Å². The monoisotopic (exact) mass is 231 g/mol. The Morgan fingerprint density at radius 3 is 2.76 bits per heavy atom. The fraction of sp³-hybridized carbons (Fsp3) is 0.467. The molecule has 2 unspecified atom stereocenters. The van der Waals surface area contributed by atoms with E-state index in [-0.39, 0.29) is 0 Å². The topological polar surface area (TPSA) is 32.3 Å². The van der Waals surface area contributed by atoms with Crippen LogP contribution in [0.4, 0.5) is 0 Å². The van der Waals surface area contributed by atoms with Crippen molar-refractivity contribution in [2.75, 3.05) is 13.2 Å². The lowest BCUT2D eigenvalue weighted by Gasteiger charge is -2.19. The maximum atomic E-state index is 9.26. The zero-order chi connectivity index (χ0) is 12.1. The number of rotatable bonds is 5. The summed E-state index contributed by atoms with van der Waals surface area (Å²) >= 11 is 0. The molecule has 0 bridgehead atoms. The van der Waals surface area contributed by atoms with Crippen LogP contribution in [0.1, 0.15) is 24.8 Å². The lowest BCUT2D eigenvalue weighted by Crippen LogP contribution is -2.34. The van der Waals surface area contributed by atoms with Gasteiger partial charge in [0, 0.05) is 19.2 Å². The van der Waals surface area contributed by atoms with Crippen molar-refractivity contribution >= 4 is 5.57 Å². The van der Waals surface area contributed by atoms with E-state index in [1.54, 1.807) is 0 Å². The molecule has 1 aliphatic carbocycles. The van der Waals surface area contributed by atoms with Crippen molar-refractivity contribution in [2.24, 2.45) is 5.92 Å². The van der Waals surface area contributed by atoms with Gasteiger partial charge in [0.1, 0.15) is 0 Å². The molecule has 0 amide bonds. The van der Waals surface area contributed by atoms with Gasteiger partial charge in [-0.15, -0.1) is 0 Å². The second-order valence-electron chi connectivity index (χ2n) is 4.83. The van der Waals surface area contributed by atoms with Crippen LogP contribution in [0.3, 0.4) is 0 Å². The van der Waals surface area contributed by atoms with E-state index in [1.165, 1.54) is 18.4 Å². The van der Waals surface area contributed by atoms with Crippen LogP contribution < -0.4 is 5.32 Å². The first-order valence-corrected chi connectivity index (χ1v) is 6.38. The van der Waals surface area contributed by atoms with Crippen molar-refractivity contribution in [3.63, 3.8) is 0 Å². The maximum Gasteiger partial charge on any atom is 0.0474 e. The molecule has 2 atom stereocenters. The Bertz CT molecular complexity index is 360. The molecule has 1 aliphatic rings. The molecule has 17 heavy (non-hydrogen) atoms. The van der Waals surface area contributed by atoms with Gasteiger partial charge in [0.15, 0.2) is 0 Å². The summed E-state index contributed by atoms with van der Waals surface area (Å²) in [4.78, 5) is 0. The van der Waals surface area contributed by atoms with Gasteiger partial charge in [-0.25, -0.2) is 0 Å². The highest BCUT2D eigenvalue weighted by Gasteiger charge is 2.25. The van der Waals surface area contributed by atoms with E-state index in [4.69, 9.17) is 0 Å². The van der Waals surface area contributed by atoms with Gasteiger partial charge in [-0.2, -0.15) is 0 Å². The van der Waals surface area contributed by atoms with Gasteiger partial charge in [-0.05, 0) is 29.9 Å². The summed E-state index contributed by atoms with van der Waals surface area (Å²) in [6.07, 6.45) is 3.54. The predicted octanol–water partition coefficient (Wildman–Crippen LogP) is 2.45. The van der Waals surface area contributed by atoms with Crippen molar-refractivity contribution in [1.29, 1.82) is 0 Å². The molecule has 92 valence electrons. The van der Waals surface area contributed by atoms with Crippen molar-refractivity contribution in [2.45, 2.75) is 25.3 Å². The summed E-state index contributed by atoms with van der Waals surface area (Å²) in [5, 5.41) is 12.8. The Hall–Kier alpha value is -1.12. The van der Waals surface area contributed by atoms with Crippen LogP contribution in [-0.4, -0.2) is 24.3 Å². The molecule has 0 aliphatic heterocycles. The molecule has 2 heteroatoms. The molecule has 1 aromatic carbocycles. The van der Waals surface area contributed by atoms with E-state index in [0.717, 1.165) is 18.5 Å². The van der Waals surface area contributed by atoms with Gasteiger partial charge >= 0.3 is 0 Å². The van der Waals surface area contributed by atoms with Crippen LogP contribution >= 0.6 is 0 Å². The summed E-state index contributed by atoms with van der Waals surface area (Å²) in [5.74, 6) is 0.429. The van der Waals surface area contributed by atoms with Crippen LogP contribution in [0.5, 0.6) is 0 Å². The van der Waals surface area contributed by atoms with Crippen LogP contribution in [0.2, 0.25) is 0 Å². The Labute approximate surface area is 103 Å². The highest BCUT2D eigenvalue weighted by molar-refractivity contribution is 5.64. The number of hydrogen-bond acceptors (Lipinski definition) is 2. The second kappa shape index (κ2) is 5.99. The second-order valence-corrected chi connectivity index (χ2v) is 4.83. The molecule has 2 rings (SSSR count). The number of nitrogens with one attached hydrogen (secondary N) is 1. The third kappa shape index (κ3) is 3.18. The van der Waals surface area contributed by atoms with E-state index >= 15 is 0 Å². The van der Waals surface area contributed by atoms with Crippen LogP contribution in [0, 0.1) is 5.92 Å². The molecular formula is C15H21NO. The molecule has 2 nitrogen and oxygen atoms in total. The van der Waals surface area contributed by atoms with Crippen molar-refractivity contribution < 1.29 is 5.11 Å². The number of aliphatic hydroxyl groups is 1. The van der Waals surface area contributed by atoms with Crippen molar-refractivity contribution in [3.8, 4) is 0 Å². The average molecular weight is 231 g/mol. The summed E-state index contributed by atoms with van der Waals surface area (Å²) in [5.41, 5.74) is 2.31. The summed E-state index contributed by atoms with van der Waals surface area (Å²) in [6, 6.07) is 10.7. The van der Waals surface area contributed by atoms with Crippen LogP contribution in [-0.2, 0) is 0 Å². The third-order valence-electron chi connectivity index (χ3n) is 3.65. The molecule has 0 heterocycles. The average Bonchev–Trinajstić information content (AvgIpc) is 2.84. The maximum absolute atomic E-state index is 9.26.